The van der Waals surface area contributed by atoms with Gasteiger partial charge in [0.1, 0.15) is 0 Å². The molecule has 0 radical (unpaired) electrons. The van der Waals surface area contributed by atoms with Crippen molar-refractivity contribution in [3.63, 3.8) is 0 Å². The van der Waals surface area contributed by atoms with Crippen molar-refractivity contribution in [1.29, 1.82) is 0 Å². The Hall–Kier alpha value is -0.940. The number of rotatable bonds is 3. The van der Waals surface area contributed by atoms with Gasteiger partial charge >= 0.3 is 0 Å². The van der Waals surface area contributed by atoms with Crippen LogP contribution in [0.2, 0.25) is 0 Å². The number of nitrogens with zero attached hydrogens (tertiary/aromatic N) is 3. The largest absolute Gasteiger partial charge is 0.339 e. The Labute approximate surface area is 95.0 Å². The number of nitrogens with two attached hydrogens (primary N) is 1. The second-order valence-corrected chi connectivity index (χ2v) is 4.94. The molecule has 0 unspecified atom stereocenters. The lowest BCUT2D eigenvalue weighted by Gasteiger charge is -2.28. The summed E-state index contributed by atoms with van der Waals surface area (Å²) in [4.78, 5) is 6.79. The molecule has 2 heterocycles. The second kappa shape index (κ2) is 4.14. The molecule has 16 heavy (non-hydrogen) atoms. The van der Waals surface area contributed by atoms with Gasteiger partial charge in [0.25, 0.3) is 0 Å². The molecular formula is C11H18N4O. The highest BCUT2D eigenvalue weighted by Crippen LogP contribution is 2.38. The predicted octanol–water partition coefficient (Wildman–Crippen LogP) is 0.870. The van der Waals surface area contributed by atoms with Crippen LogP contribution in [0.3, 0.4) is 0 Å². The summed E-state index contributed by atoms with van der Waals surface area (Å²) in [5, 5.41) is 4.03. The number of aromatic nitrogens is 2. The highest BCUT2D eigenvalue weighted by atomic mass is 16.5. The van der Waals surface area contributed by atoms with Crippen molar-refractivity contribution in [3.05, 3.63) is 11.7 Å². The maximum Gasteiger partial charge on any atom is 0.229 e. The zero-order valence-electron chi connectivity index (χ0n) is 9.43. The quantitative estimate of drug-likeness (QED) is 0.822. The van der Waals surface area contributed by atoms with Gasteiger partial charge in [0.2, 0.25) is 5.89 Å². The van der Waals surface area contributed by atoms with Crippen LogP contribution in [0.15, 0.2) is 4.52 Å². The highest BCUT2D eigenvalue weighted by Gasteiger charge is 2.29. The van der Waals surface area contributed by atoms with E-state index in [4.69, 9.17) is 10.3 Å². The third-order valence-corrected chi connectivity index (χ3v) is 3.41. The van der Waals surface area contributed by atoms with Crippen LogP contribution in [-0.4, -0.2) is 34.2 Å². The molecule has 0 bridgehead atoms. The van der Waals surface area contributed by atoms with Gasteiger partial charge in [-0.05, 0) is 25.7 Å². The van der Waals surface area contributed by atoms with Crippen molar-refractivity contribution >= 4 is 0 Å². The van der Waals surface area contributed by atoms with Gasteiger partial charge in [-0.2, -0.15) is 4.98 Å². The second-order valence-electron chi connectivity index (χ2n) is 4.94. The van der Waals surface area contributed by atoms with E-state index in [-0.39, 0.29) is 0 Å². The Balaban J connectivity index is 1.56. The number of piperidine rings is 1. The average Bonchev–Trinajstić information content (AvgIpc) is 3.04. The van der Waals surface area contributed by atoms with Crippen molar-refractivity contribution in [2.75, 3.05) is 13.1 Å². The minimum atomic E-state index is 0.378. The van der Waals surface area contributed by atoms with Gasteiger partial charge in [-0.25, -0.2) is 0 Å². The normalized spacial score (nSPS) is 23.8. The van der Waals surface area contributed by atoms with Gasteiger partial charge in [-0.15, -0.1) is 0 Å². The first kappa shape index (κ1) is 10.2. The van der Waals surface area contributed by atoms with E-state index >= 15 is 0 Å². The van der Waals surface area contributed by atoms with Crippen molar-refractivity contribution in [3.8, 4) is 0 Å². The van der Waals surface area contributed by atoms with Gasteiger partial charge in [0, 0.05) is 25.0 Å². The summed E-state index contributed by atoms with van der Waals surface area (Å²) < 4.78 is 5.24. The molecule has 1 aromatic heterocycles. The maximum atomic E-state index is 5.87. The molecule has 1 saturated carbocycles. The molecule has 2 N–H and O–H groups in total. The summed E-state index contributed by atoms with van der Waals surface area (Å²) in [6, 6.07) is 0.378. The van der Waals surface area contributed by atoms with E-state index < -0.39 is 0 Å². The monoisotopic (exact) mass is 222 g/mol. The predicted molar refractivity (Wildman–Crippen MR) is 58.8 cm³/mol. The van der Waals surface area contributed by atoms with Gasteiger partial charge in [-0.3, -0.25) is 4.90 Å². The fourth-order valence-corrected chi connectivity index (χ4v) is 2.14. The molecule has 1 aliphatic carbocycles. The maximum absolute atomic E-state index is 5.87. The molecule has 0 spiro atoms. The van der Waals surface area contributed by atoms with Gasteiger partial charge < -0.3 is 10.3 Å². The Kier molecular flexibility index (Phi) is 2.65. The van der Waals surface area contributed by atoms with Crippen LogP contribution in [-0.2, 0) is 6.54 Å². The molecule has 2 aliphatic rings. The SMILES string of the molecule is NC1CCN(Cc2noc(C3CC3)n2)CC1. The van der Waals surface area contributed by atoms with Crippen molar-refractivity contribution in [2.45, 2.75) is 44.2 Å². The molecule has 1 aliphatic heterocycles. The third-order valence-electron chi connectivity index (χ3n) is 3.41. The standard InChI is InChI=1S/C11H18N4O/c12-9-3-5-15(6-4-9)7-10-13-11(16-14-10)8-1-2-8/h8-9H,1-7,12H2. The first-order valence-electron chi connectivity index (χ1n) is 6.11. The Morgan fingerprint density at radius 3 is 2.69 bits per heavy atom. The number of hydrogen-bond donors (Lipinski definition) is 1. The van der Waals surface area contributed by atoms with E-state index in [1.165, 1.54) is 12.8 Å². The van der Waals surface area contributed by atoms with Crippen molar-refractivity contribution < 1.29 is 4.52 Å². The zero-order chi connectivity index (χ0) is 11.0. The summed E-state index contributed by atoms with van der Waals surface area (Å²) >= 11 is 0. The van der Waals surface area contributed by atoms with Gasteiger partial charge in [0.15, 0.2) is 5.82 Å². The smallest absolute Gasteiger partial charge is 0.229 e. The Morgan fingerprint density at radius 2 is 2.00 bits per heavy atom. The average molecular weight is 222 g/mol. The van der Waals surface area contributed by atoms with E-state index in [2.05, 4.69) is 15.0 Å². The topological polar surface area (TPSA) is 68.2 Å². The van der Waals surface area contributed by atoms with Gasteiger partial charge in [0.05, 0.1) is 6.54 Å². The molecule has 2 fully saturated rings. The summed E-state index contributed by atoms with van der Waals surface area (Å²) in [7, 11) is 0. The van der Waals surface area contributed by atoms with E-state index in [1.807, 2.05) is 0 Å². The van der Waals surface area contributed by atoms with E-state index in [1.54, 1.807) is 0 Å². The number of likely N-dealkylation sites (tertiary alicyclic amines) is 1. The number of hydrogen-bond acceptors (Lipinski definition) is 5. The van der Waals surface area contributed by atoms with Gasteiger partial charge in [-0.1, -0.05) is 5.16 Å². The van der Waals surface area contributed by atoms with E-state index in [0.717, 1.165) is 44.2 Å². The molecule has 1 aromatic rings. The molecule has 88 valence electrons. The molecule has 0 amide bonds. The fourth-order valence-electron chi connectivity index (χ4n) is 2.14. The summed E-state index contributed by atoms with van der Waals surface area (Å²) in [5.74, 6) is 2.22. The lowest BCUT2D eigenvalue weighted by Crippen LogP contribution is -2.39. The van der Waals surface area contributed by atoms with Crippen molar-refractivity contribution in [1.82, 2.24) is 15.0 Å². The lowest BCUT2D eigenvalue weighted by molar-refractivity contribution is 0.199. The molecule has 0 aromatic carbocycles. The summed E-state index contributed by atoms with van der Waals surface area (Å²) in [6.45, 7) is 2.91. The van der Waals surface area contributed by atoms with E-state index in [0.29, 0.717) is 12.0 Å². The highest BCUT2D eigenvalue weighted by molar-refractivity contribution is 5.01. The van der Waals surface area contributed by atoms with Crippen LogP contribution in [0.4, 0.5) is 0 Å². The molecule has 5 heteroatoms. The lowest BCUT2D eigenvalue weighted by atomic mass is 10.1. The third kappa shape index (κ3) is 2.25. The van der Waals surface area contributed by atoms with Crippen molar-refractivity contribution in [2.24, 2.45) is 5.73 Å². The van der Waals surface area contributed by atoms with Crippen LogP contribution in [0, 0.1) is 0 Å². The zero-order valence-corrected chi connectivity index (χ0v) is 9.43. The summed E-state index contributed by atoms with van der Waals surface area (Å²) in [5.41, 5.74) is 5.87. The van der Waals surface area contributed by atoms with Crippen LogP contribution >= 0.6 is 0 Å². The minimum Gasteiger partial charge on any atom is -0.339 e. The molecule has 5 nitrogen and oxygen atoms in total. The first-order chi connectivity index (χ1) is 7.81. The Bertz CT molecular complexity index is 353. The first-order valence-corrected chi connectivity index (χ1v) is 6.11. The fraction of sp³-hybridized carbons (Fsp3) is 0.818. The Morgan fingerprint density at radius 1 is 1.25 bits per heavy atom. The molecule has 1 saturated heterocycles. The minimum absolute atomic E-state index is 0.378. The molecule has 3 rings (SSSR count). The van der Waals surface area contributed by atoms with Crippen LogP contribution in [0.1, 0.15) is 43.3 Å². The van der Waals surface area contributed by atoms with Crippen LogP contribution in [0.25, 0.3) is 0 Å². The van der Waals surface area contributed by atoms with Crippen LogP contribution in [0.5, 0.6) is 0 Å². The summed E-state index contributed by atoms with van der Waals surface area (Å²) in [6.07, 6.45) is 4.57. The van der Waals surface area contributed by atoms with Crippen LogP contribution < -0.4 is 5.73 Å². The van der Waals surface area contributed by atoms with E-state index in [9.17, 15) is 0 Å². The molecule has 0 atom stereocenters. The molecular weight excluding hydrogens is 204 g/mol.